The molecule has 0 unspecified atom stereocenters. The zero-order valence-electron chi connectivity index (χ0n) is 12.6. The van der Waals surface area contributed by atoms with Crippen LogP contribution in [0.4, 0.5) is 0 Å². The molecular formula is C16H25NO4. The summed E-state index contributed by atoms with van der Waals surface area (Å²) in [5.41, 5.74) is 0. The fourth-order valence-corrected chi connectivity index (χ4v) is 3.15. The molecule has 2 aliphatic rings. The van der Waals surface area contributed by atoms with Crippen molar-refractivity contribution in [3.8, 4) is 0 Å². The van der Waals surface area contributed by atoms with E-state index in [0.717, 1.165) is 12.8 Å². The van der Waals surface area contributed by atoms with Gasteiger partial charge in [-0.15, -0.1) is 0 Å². The lowest BCUT2D eigenvalue weighted by Gasteiger charge is -2.20. The van der Waals surface area contributed by atoms with Gasteiger partial charge < -0.3 is 15.2 Å². The van der Waals surface area contributed by atoms with Crippen LogP contribution in [-0.4, -0.2) is 35.7 Å². The maximum absolute atomic E-state index is 12.2. The second kappa shape index (κ2) is 7.59. The Morgan fingerprint density at radius 1 is 1.05 bits per heavy atom. The Morgan fingerprint density at radius 3 is 2.33 bits per heavy atom. The first-order chi connectivity index (χ1) is 10.1. The van der Waals surface area contributed by atoms with E-state index in [1.807, 2.05) is 0 Å². The highest BCUT2D eigenvalue weighted by Crippen LogP contribution is 2.39. The summed E-state index contributed by atoms with van der Waals surface area (Å²) in [5, 5.41) is 12.1. The summed E-state index contributed by atoms with van der Waals surface area (Å²) in [5.74, 6) is -2.47. The zero-order chi connectivity index (χ0) is 15.2. The number of hydrogen-bond donors (Lipinski definition) is 2. The number of ether oxygens (including phenoxy) is 1. The average Bonchev–Trinajstić information content (AvgIpc) is 3.06. The first kappa shape index (κ1) is 16.0. The van der Waals surface area contributed by atoms with Crippen molar-refractivity contribution in [2.75, 3.05) is 6.54 Å². The normalized spacial score (nSPS) is 29.8. The highest BCUT2D eigenvalue weighted by atomic mass is 16.5. The van der Waals surface area contributed by atoms with Crippen molar-refractivity contribution in [1.29, 1.82) is 0 Å². The molecule has 0 aromatic carbocycles. The van der Waals surface area contributed by atoms with Crippen LogP contribution in [0.25, 0.3) is 0 Å². The molecule has 0 radical (unpaired) electrons. The summed E-state index contributed by atoms with van der Waals surface area (Å²) in [6.45, 7) is 2.81. The molecule has 2 rings (SSSR count). The number of fused-ring (bicyclic) bond motifs is 2. The average molecular weight is 295 g/mol. The van der Waals surface area contributed by atoms with Crippen LogP contribution in [0.5, 0.6) is 0 Å². The molecule has 1 saturated heterocycles. The minimum atomic E-state index is -0.952. The Labute approximate surface area is 125 Å². The molecule has 118 valence electrons. The van der Waals surface area contributed by atoms with Crippen LogP contribution < -0.4 is 5.32 Å². The predicted octanol–water partition coefficient (Wildman–Crippen LogP) is 2.12. The number of nitrogens with one attached hydrogen (secondary N) is 1. The number of aliphatic carboxylic acids is 1. The van der Waals surface area contributed by atoms with Gasteiger partial charge in [-0.25, -0.2) is 0 Å². The van der Waals surface area contributed by atoms with E-state index in [9.17, 15) is 14.7 Å². The maximum atomic E-state index is 12.2. The molecule has 0 aromatic heterocycles. The molecule has 2 bridgehead atoms. The molecule has 2 aliphatic heterocycles. The topological polar surface area (TPSA) is 75.6 Å². The summed E-state index contributed by atoms with van der Waals surface area (Å²) in [7, 11) is 0. The van der Waals surface area contributed by atoms with E-state index in [2.05, 4.69) is 12.2 Å². The third-order valence-electron chi connectivity index (χ3n) is 4.32. The van der Waals surface area contributed by atoms with Crippen molar-refractivity contribution < 1.29 is 19.4 Å². The summed E-state index contributed by atoms with van der Waals surface area (Å²) in [4.78, 5) is 23.5. The van der Waals surface area contributed by atoms with Gasteiger partial charge >= 0.3 is 5.97 Å². The highest BCUT2D eigenvalue weighted by Gasteiger charge is 2.52. The Kier molecular flexibility index (Phi) is 5.79. The molecule has 0 aromatic rings. The lowest BCUT2D eigenvalue weighted by molar-refractivity contribution is -0.146. The molecular weight excluding hydrogens is 270 g/mol. The highest BCUT2D eigenvalue weighted by molar-refractivity contribution is 5.87. The lowest BCUT2D eigenvalue weighted by atomic mass is 9.82. The largest absolute Gasteiger partial charge is 0.481 e. The molecule has 2 heterocycles. The Balaban J connectivity index is 1.71. The van der Waals surface area contributed by atoms with Gasteiger partial charge in [0.05, 0.1) is 18.1 Å². The van der Waals surface area contributed by atoms with E-state index in [0.29, 0.717) is 6.54 Å². The summed E-state index contributed by atoms with van der Waals surface area (Å²) < 4.78 is 5.50. The van der Waals surface area contributed by atoms with E-state index in [4.69, 9.17) is 4.74 Å². The van der Waals surface area contributed by atoms with Crippen molar-refractivity contribution in [3.63, 3.8) is 0 Å². The third kappa shape index (κ3) is 3.84. The first-order valence-corrected chi connectivity index (χ1v) is 7.99. The van der Waals surface area contributed by atoms with E-state index in [-0.39, 0.29) is 12.0 Å². The second-order valence-corrected chi connectivity index (χ2v) is 5.90. The van der Waals surface area contributed by atoms with Crippen LogP contribution in [0, 0.1) is 11.8 Å². The number of hydrogen-bond acceptors (Lipinski definition) is 3. The lowest BCUT2D eigenvalue weighted by Crippen LogP contribution is -2.42. The maximum Gasteiger partial charge on any atom is 0.310 e. The van der Waals surface area contributed by atoms with Gasteiger partial charge in [0.2, 0.25) is 5.91 Å². The monoisotopic (exact) mass is 295 g/mol. The van der Waals surface area contributed by atoms with Gasteiger partial charge in [-0.2, -0.15) is 0 Å². The quantitative estimate of drug-likeness (QED) is 0.504. The molecule has 1 fully saturated rings. The molecule has 0 saturated carbocycles. The van der Waals surface area contributed by atoms with Crippen LogP contribution in [0.15, 0.2) is 12.2 Å². The smallest absolute Gasteiger partial charge is 0.310 e. The molecule has 0 aliphatic carbocycles. The number of carboxylic acid groups (broad SMARTS) is 1. The van der Waals surface area contributed by atoms with Crippen LogP contribution in [0.3, 0.4) is 0 Å². The molecule has 21 heavy (non-hydrogen) atoms. The standard InChI is InChI=1S/C16H25NO4/c1-2-3-4-5-6-7-10-17-15(18)13-11-8-9-12(21-11)14(13)16(19)20/h8-9,11-14H,2-7,10H2,1H3,(H,17,18)(H,19,20)/t11-,12-,13-,14+/m1/s1. The van der Waals surface area contributed by atoms with Crippen LogP contribution >= 0.6 is 0 Å². The summed E-state index contributed by atoms with van der Waals surface area (Å²) >= 11 is 0. The van der Waals surface area contributed by atoms with Gasteiger partial charge in [0.15, 0.2) is 0 Å². The van der Waals surface area contributed by atoms with Crippen molar-refractivity contribution in [1.82, 2.24) is 5.32 Å². The SMILES string of the molecule is CCCCCCCCNC(=O)[C@H]1[C@@H](C(=O)O)[C@H]2C=C[C@H]1O2. The zero-order valence-corrected chi connectivity index (χ0v) is 12.6. The second-order valence-electron chi connectivity index (χ2n) is 5.90. The minimum Gasteiger partial charge on any atom is -0.481 e. The van der Waals surface area contributed by atoms with Crippen LogP contribution in [0.1, 0.15) is 45.4 Å². The van der Waals surface area contributed by atoms with Gasteiger partial charge in [-0.1, -0.05) is 51.2 Å². The van der Waals surface area contributed by atoms with E-state index in [1.54, 1.807) is 12.2 Å². The van der Waals surface area contributed by atoms with Crippen LogP contribution in [-0.2, 0) is 14.3 Å². The van der Waals surface area contributed by atoms with Crippen molar-refractivity contribution in [2.45, 2.75) is 57.7 Å². The Bertz CT molecular complexity index is 407. The Morgan fingerprint density at radius 2 is 1.67 bits per heavy atom. The molecule has 2 N–H and O–H groups in total. The summed E-state index contributed by atoms with van der Waals surface area (Å²) in [6, 6.07) is 0. The van der Waals surface area contributed by atoms with Crippen molar-refractivity contribution in [2.24, 2.45) is 11.8 Å². The molecule has 5 nitrogen and oxygen atoms in total. The van der Waals surface area contributed by atoms with Gasteiger partial charge in [-0.3, -0.25) is 9.59 Å². The third-order valence-corrected chi connectivity index (χ3v) is 4.32. The predicted molar refractivity (Wildman–Crippen MR) is 78.8 cm³/mol. The van der Waals surface area contributed by atoms with Gasteiger partial charge in [0.1, 0.15) is 5.92 Å². The van der Waals surface area contributed by atoms with Crippen molar-refractivity contribution in [3.05, 3.63) is 12.2 Å². The van der Waals surface area contributed by atoms with Gasteiger partial charge in [0.25, 0.3) is 0 Å². The van der Waals surface area contributed by atoms with E-state index in [1.165, 1.54) is 25.7 Å². The number of carbonyl (C=O) groups excluding carboxylic acids is 1. The van der Waals surface area contributed by atoms with Crippen LogP contribution in [0.2, 0.25) is 0 Å². The van der Waals surface area contributed by atoms with Crippen molar-refractivity contribution >= 4 is 11.9 Å². The molecule has 1 amide bonds. The number of unbranched alkanes of at least 4 members (excludes halogenated alkanes) is 5. The van der Waals surface area contributed by atoms with E-state index >= 15 is 0 Å². The minimum absolute atomic E-state index is 0.187. The first-order valence-electron chi connectivity index (χ1n) is 7.99. The molecule has 0 spiro atoms. The fourth-order valence-electron chi connectivity index (χ4n) is 3.15. The van der Waals surface area contributed by atoms with Gasteiger partial charge in [-0.05, 0) is 6.42 Å². The number of rotatable bonds is 9. The Hall–Kier alpha value is -1.36. The number of amides is 1. The van der Waals surface area contributed by atoms with E-state index < -0.39 is 23.9 Å². The number of carbonyl (C=O) groups is 2. The number of carboxylic acids is 1. The molecule has 4 atom stereocenters. The molecule has 5 heteroatoms. The fraction of sp³-hybridized carbons (Fsp3) is 0.750. The van der Waals surface area contributed by atoms with Gasteiger partial charge in [0, 0.05) is 6.54 Å². The summed E-state index contributed by atoms with van der Waals surface area (Å²) in [6.07, 6.45) is 9.73.